The van der Waals surface area contributed by atoms with Crippen LogP contribution in [0, 0.1) is 0 Å². The van der Waals surface area contributed by atoms with Crippen LogP contribution >= 0.6 is 0 Å². The smallest absolute Gasteiger partial charge is 0.176 e. The van der Waals surface area contributed by atoms with Gasteiger partial charge in [-0.05, 0) is 38.8 Å². The average molecular weight is 303 g/mol. The normalized spacial score (nSPS) is 11.7. The van der Waals surface area contributed by atoms with Crippen molar-refractivity contribution in [1.82, 2.24) is 14.8 Å². The Morgan fingerprint density at radius 2 is 1.82 bits per heavy atom. The van der Waals surface area contributed by atoms with Gasteiger partial charge in [-0.3, -0.25) is 0 Å². The van der Waals surface area contributed by atoms with Crippen molar-refractivity contribution in [3.8, 4) is 5.75 Å². The monoisotopic (exact) mass is 303 g/mol. The second-order valence-electron chi connectivity index (χ2n) is 6.27. The predicted octanol–water partition coefficient (Wildman–Crippen LogP) is 2.97. The summed E-state index contributed by atoms with van der Waals surface area (Å²) in [5.41, 5.74) is 1.08. The average Bonchev–Trinajstić information content (AvgIpc) is 2.89. The van der Waals surface area contributed by atoms with Crippen LogP contribution in [0.25, 0.3) is 0 Å². The highest BCUT2D eigenvalue weighted by atomic mass is 16.5. The van der Waals surface area contributed by atoms with Crippen LogP contribution in [0.2, 0.25) is 0 Å². The van der Waals surface area contributed by atoms with E-state index in [1.165, 1.54) is 5.56 Å². The van der Waals surface area contributed by atoms with Crippen LogP contribution in [-0.4, -0.2) is 29.0 Å². The van der Waals surface area contributed by atoms with E-state index in [-0.39, 0.29) is 5.54 Å². The van der Waals surface area contributed by atoms with E-state index in [1.807, 2.05) is 22.9 Å². The molecule has 0 aliphatic rings. The molecule has 0 atom stereocenters. The van der Waals surface area contributed by atoms with Crippen LogP contribution in [-0.2, 0) is 29.7 Å². The standard InChI is InChI=1S/C17H25N3O2/c1-17(2,3)20-16(18-15(19-20)12-21-4)11-10-13-8-6-7-9-14(13)22-5/h6-9H,10-12H2,1-5H3. The van der Waals surface area contributed by atoms with Gasteiger partial charge in [0.25, 0.3) is 0 Å². The molecule has 2 aromatic rings. The van der Waals surface area contributed by atoms with Gasteiger partial charge in [-0.15, -0.1) is 0 Å². The molecule has 5 heteroatoms. The summed E-state index contributed by atoms with van der Waals surface area (Å²) in [5, 5.41) is 4.58. The summed E-state index contributed by atoms with van der Waals surface area (Å²) >= 11 is 0. The molecule has 0 aliphatic carbocycles. The summed E-state index contributed by atoms with van der Waals surface area (Å²) in [6.45, 7) is 6.82. The molecule has 0 fully saturated rings. The number of hydrogen-bond donors (Lipinski definition) is 0. The molecular formula is C17H25N3O2. The second-order valence-corrected chi connectivity index (χ2v) is 6.27. The molecule has 0 aliphatic heterocycles. The number of methoxy groups -OCH3 is 2. The van der Waals surface area contributed by atoms with Gasteiger partial charge < -0.3 is 9.47 Å². The predicted molar refractivity (Wildman–Crippen MR) is 86.1 cm³/mol. The Morgan fingerprint density at radius 1 is 1.09 bits per heavy atom. The zero-order chi connectivity index (χ0) is 16.2. The van der Waals surface area contributed by atoms with Crippen LogP contribution in [0.5, 0.6) is 5.75 Å². The number of ether oxygens (including phenoxy) is 2. The molecule has 0 saturated carbocycles. The van der Waals surface area contributed by atoms with Crippen LogP contribution in [0.1, 0.15) is 38.0 Å². The number of aromatic nitrogens is 3. The number of nitrogens with zero attached hydrogens (tertiary/aromatic N) is 3. The van der Waals surface area contributed by atoms with Gasteiger partial charge >= 0.3 is 0 Å². The van der Waals surface area contributed by atoms with Gasteiger partial charge in [0.05, 0.1) is 12.6 Å². The van der Waals surface area contributed by atoms with Crippen molar-refractivity contribution in [3.63, 3.8) is 0 Å². The van der Waals surface area contributed by atoms with Gasteiger partial charge in [0.2, 0.25) is 0 Å². The van der Waals surface area contributed by atoms with Crippen molar-refractivity contribution in [2.75, 3.05) is 14.2 Å². The fourth-order valence-corrected chi connectivity index (χ4v) is 2.44. The summed E-state index contributed by atoms with van der Waals surface area (Å²) in [7, 11) is 3.36. The quantitative estimate of drug-likeness (QED) is 0.823. The third kappa shape index (κ3) is 3.85. The third-order valence-corrected chi connectivity index (χ3v) is 3.44. The molecule has 120 valence electrons. The first-order valence-electron chi connectivity index (χ1n) is 7.52. The van der Waals surface area contributed by atoms with Crippen molar-refractivity contribution >= 4 is 0 Å². The summed E-state index contributed by atoms with van der Waals surface area (Å²) in [6.07, 6.45) is 1.68. The summed E-state index contributed by atoms with van der Waals surface area (Å²) < 4.78 is 12.6. The highest BCUT2D eigenvalue weighted by Gasteiger charge is 2.21. The summed E-state index contributed by atoms with van der Waals surface area (Å²) in [5.74, 6) is 2.62. The molecule has 0 radical (unpaired) electrons. The minimum atomic E-state index is -0.102. The lowest BCUT2D eigenvalue weighted by molar-refractivity contribution is 0.176. The van der Waals surface area contributed by atoms with Crippen LogP contribution in [0.4, 0.5) is 0 Å². The number of hydrogen-bond acceptors (Lipinski definition) is 4. The first-order chi connectivity index (χ1) is 10.5. The maximum absolute atomic E-state index is 5.41. The Labute approximate surface area is 132 Å². The molecule has 0 amide bonds. The molecule has 1 aromatic carbocycles. The highest BCUT2D eigenvalue weighted by Crippen LogP contribution is 2.21. The molecule has 1 heterocycles. The Bertz CT molecular complexity index is 615. The van der Waals surface area contributed by atoms with E-state index >= 15 is 0 Å². The molecule has 0 saturated heterocycles. The van der Waals surface area contributed by atoms with Crippen molar-refractivity contribution < 1.29 is 9.47 Å². The number of benzene rings is 1. The maximum Gasteiger partial charge on any atom is 0.176 e. The first-order valence-corrected chi connectivity index (χ1v) is 7.52. The molecule has 5 nitrogen and oxygen atoms in total. The van der Waals surface area contributed by atoms with Crippen molar-refractivity contribution in [1.29, 1.82) is 0 Å². The maximum atomic E-state index is 5.41. The summed E-state index contributed by atoms with van der Waals surface area (Å²) in [4.78, 5) is 4.62. The van der Waals surface area contributed by atoms with Crippen LogP contribution in [0.3, 0.4) is 0 Å². The summed E-state index contributed by atoms with van der Waals surface area (Å²) in [6, 6.07) is 8.09. The second kappa shape index (κ2) is 6.92. The Kier molecular flexibility index (Phi) is 5.19. The minimum Gasteiger partial charge on any atom is -0.496 e. The fraction of sp³-hybridized carbons (Fsp3) is 0.529. The topological polar surface area (TPSA) is 49.2 Å². The number of para-hydroxylation sites is 1. The molecule has 0 unspecified atom stereocenters. The van der Waals surface area contributed by atoms with E-state index in [0.717, 1.165) is 30.2 Å². The zero-order valence-corrected chi connectivity index (χ0v) is 14.1. The molecule has 0 bridgehead atoms. The molecule has 1 aromatic heterocycles. The van der Waals surface area contributed by atoms with E-state index in [0.29, 0.717) is 6.61 Å². The van der Waals surface area contributed by atoms with Gasteiger partial charge in [-0.2, -0.15) is 5.10 Å². The van der Waals surface area contributed by atoms with Crippen molar-refractivity contribution in [2.24, 2.45) is 0 Å². The zero-order valence-electron chi connectivity index (χ0n) is 14.1. The number of rotatable bonds is 6. The van der Waals surface area contributed by atoms with E-state index in [4.69, 9.17) is 9.47 Å². The molecule has 0 N–H and O–H groups in total. The van der Waals surface area contributed by atoms with Gasteiger partial charge in [0.1, 0.15) is 18.2 Å². The minimum absolute atomic E-state index is 0.102. The lowest BCUT2D eigenvalue weighted by Crippen LogP contribution is -2.26. The Hall–Kier alpha value is -1.88. The SMILES string of the molecule is COCc1nc(CCc2ccccc2OC)n(C(C)(C)C)n1. The van der Waals surface area contributed by atoms with E-state index in [2.05, 4.69) is 36.9 Å². The van der Waals surface area contributed by atoms with E-state index in [9.17, 15) is 0 Å². The van der Waals surface area contributed by atoms with Gasteiger partial charge in [-0.25, -0.2) is 9.67 Å². The molecule has 0 spiro atoms. The van der Waals surface area contributed by atoms with E-state index < -0.39 is 0 Å². The van der Waals surface area contributed by atoms with Gasteiger partial charge in [0.15, 0.2) is 5.82 Å². The van der Waals surface area contributed by atoms with Crippen molar-refractivity contribution in [3.05, 3.63) is 41.5 Å². The number of aryl methyl sites for hydroxylation is 2. The molecular weight excluding hydrogens is 278 g/mol. The molecule has 22 heavy (non-hydrogen) atoms. The largest absolute Gasteiger partial charge is 0.496 e. The Morgan fingerprint density at radius 3 is 2.45 bits per heavy atom. The fourth-order valence-electron chi connectivity index (χ4n) is 2.44. The van der Waals surface area contributed by atoms with Crippen LogP contribution in [0.15, 0.2) is 24.3 Å². The third-order valence-electron chi connectivity index (χ3n) is 3.44. The van der Waals surface area contributed by atoms with E-state index in [1.54, 1.807) is 14.2 Å². The first kappa shape index (κ1) is 16.5. The molecule has 2 rings (SSSR count). The highest BCUT2D eigenvalue weighted by molar-refractivity contribution is 5.33. The lowest BCUT2D eigenvalue weighted by Gasteiger charge is -2.21. The van der Waals surface area contributed by atoms with Gasteiger partial charge in [0, 0.05) is 13.5 Å². The Balaban J connectivity index is 2.21. The lowest BCUT2D eigenvalue weighted by atomic mass is 10.1. The van der Waals surface area contributed by atoms with Crippen molar-refractivity contribution in [2.45, 2.75) is 45.8 Å². The van der Waals surface area contributed by atoms with Crippen LogP contribution < -0.4 is 4.74 Å². The van der Waals surface area contributed by atoms with Gasteiger partial charge in [-0.1, -0.05) is 18.2 Å².